The highest BCUT2D eigenvalue weighted by molar-refractivity contribution is 5.99. The summed E-state index contributed by atoms with van der Waals surface area (Å²) >= 11 is 0. The maximum Gasteiger partial charge on any atom is 0.256 e. The van der Waals surface area contributed by atoms with Gasteiger partial charge in [0.05, 0.1) is 30.6 Å². The molecule has 0 N–H and O–H groups in total. The molecular weight excluding hydrogens is 456 g/mol. The Kier molecular flexibility index (Phi) is 6.05. The molecule has 2 aliphatic rings. The summed E-state index contributed by atoms with van der Waals surface area (Å²) < 4.78 is 5.42. The Hall–Kier alpha value is -3.69. The van der Waals surface area contributed by atoms with Crippen LogP contribution in [0.3, 0.4) is 0 Å². The number of aryl methyl sites for hydroxylation is 1. The lowest BCUT2D eigenvalue weighted by Crippen LogP contribution is -2.77. The molecular formula is C26H34N8O2. The smallest absolute Gasteiger partial charge is 0.256 e. The average molecular weight is 491 g/mol. The topological polar surface area (TPSA) is 92.5 Å². The van der Waals surface area contributed by atoms with Crippen molar-refractivity contribution in [1.29, 1.82) is 0 Å². The molecule has 2 fully saturated rings. The average Bonchev–Trinajstić information content (AvgIpc) is 3.38. The van der Waals surface area contributed by atoms with Gasteiger partial charge in [0.25, 0.3) is 5.91 Å². The number of methoxy groups -OCH3 is 1. The normalized spacial score (nSPS) is 21.2. The summed E-state index contributed by atoms with van der Waals surface area (Å²) in [5, 5.41) is 8.55. The van der Waals surface area contributed by atoms with E-state index in [2.05, 4.69) is 38.8 Å². The minimum Gasteiger partial charge on any atom is -0.497 e. The predicted molar refractivity (Wildman–Crippen MR) is 138 cm³/mol. The Balaban J connectivity index is 1.50. The van der Waals surface area contributed by atoms with Crippen LogP contribution in [-0.2, 0) is 0 Å². The number of ether oxygens (including phenoxy) is 1. The molecule has 0 aliphatic carbocycles. The molecule has 5 rings (SSSR count). The molecule has 0 saturated carbocycles. The number of piperidine rings is 1. The van der Waals surface area contributed by atoms with Crippen molar-refractivity contribution >= 4 is 17.7 Å². The molecule has 3 aromatic rings. The van der Waals surface area contributed by atoms with Crippen molar-refractivity contribution in [2.24, 2.45) is 11.8 Å². The third-order valence-electron chi connectivity index (χ3n) is 7.67. The number of hydrogen-bond acceptors (Lipinski definition) is 8. The second-order valence-corrected chi connectivity index (χ2v) is 10.2. The number of likely N-dealkylation sites (tertiary alicyclic amines) is 1. The first kappa shape index (κ1) is 24.0. The number of rotatable bonds is 6. The van der Waals surface area contributed by atoms with Gasteiger partial charge < -0.3 is 19.4 Å². The van der Waals surface area contributed by atoms with E-state index in [4.69, 9.17) is 9.72 Å². The third-order valence-corrected chi connectivity index (χ3v) is 7.67. The van der Waals surface area contributed by atoms with Crippen molar-refractivity contribution in [3.63, 3.8) is 0 Å². The third kappa shape index (κ3) is 3.84. The van der Waals surface area contributed by atoms with Crippen molar-refractivity contribution in [2.75, 3.05) is 50.6 Å². The Labute approximate surface area is 211 Å². The molecule has 2 aliphatic heterocycles. The van der Waals surface area contributed by atoms with E-state index in [1.165, 1.54) is 4.80 Å². The zero-order chi connectivity index (χ0) is 25.6. The largest absolute Gasteiger partial charge is 0.497 e. The lowest BCUT2D eigenvalue weighted by Gasteiger charge is -2.65. The van der Waals surface area contributed by atoms with Gasteiger partial charge in [-0.2, -0.15) is 20.0 Å². The van der Waals surface area contributed by atoms with Crippen LogP contribution in [0.25, 0.3) is 5.69 Å². The van der Waals surface area contributed by atoms with E-state index in [0.717, 1.165) is 37.6 Å². The van der Waals surface area contributed by atoms with E-state index in [1.54, 1.807) is 19.5 Å². The van der Waals surface area contributed by atoms with Gasteiger partial charge in [-0.3, -0.25) is 4.79 Å². The maximum atomic E-state index is 14.1. The van der Waals surface area contributed by atoms with Crippen LogP contribution in [0.5, 0.6) is 5.75 Å². The molecule has 2 atom stereocenters. The van der Waals surface area contributed by atoms with Crippen molar-refractivity contribution in [1.82, 2.24) is 29.9 Å². The van der Waals surface area contributed by atoms with Gasteiger partial charge in [-0.05, 0) is 31.4 Å². The molecule has 10 nitrogen and oxygen atoms in total. The van der Waals surface area contributed by atoms with Crippen molar-refractivity contribution in [3.05, 3.63) is 47.9 Å². The summed E-state index contributed by atoms with van der Waals surface area (Å²) in [6.07, 6.45) is 4.22. The predicted octanol–water partition coefficient (Wildman–Crippen LogP) is 2.82. The van der Waals surface area contributed by atoms with Crippen LogP contribution >= 0.6 is 0 Å². The first-order valence-corrected chi connectivity index (χ1v) is 12.4. The molecule has 190 valence electrons. The fourth-order valence-electron chi connectivity index (χ4n) is 5.71. The van der Waals surface area contributed by atoms with Gasteiger partial charge >= 0.3 is 0 Å². The molecule has 0 spiro atoms. The number of anilines is 2. The van der Waals surface area contributed by atoms with Crippen molar-refractivity contribution in [2.45, 2.75) is 32.7 Å². The first-order valence-electron chi connectivity index (χ1n) is 12.4. The Morgan fingerprint density at radius 2 is 1.92 bits per heavy atom. The number of benzene rings is 1. The standard InChI is InChI=1S/C26H34N8O2/c1-17(2)26-16-32(23-13-18(3)29-25(30-23)31(4)5)12-9-19(26)15-33(26)24(35)21-8-7-20(36-6)14-22(21)34-27-10-11-28-34/h7-8,10-11,13-14,17,19H,9,12,15-16H2,1-6H3. The zero-order valence-electron chi connectivity index (χ0n) is 21.8. The Bertz CT molecular complexity index is 1260. The first-order chi connectivity index (χ1) is 17.2. The minimum absolute atomic E-state index is 0.00963. The summed E-state index contributed by atoms with van der Waals surface area (Å²) in [7, 11) is 5.51. The highest BCUT2D eigenvalue weighted by Crippen LogP contribution is 2.49. The van der Waals surface area contributed by atoms with Crippen LogP contribution in [0.15, 0.2) is 36.7 Å². The molecule has 4 heterocycles. The minimum atomic E-state index is -0.290. The van der Waals surface area contributed by atoms with Crippen molar-refractivity contribution in [3.8, 4) is 11.4 Å². The van der Waals surface area contributed by atoms with Gasteiger partial charge in [0.15, 0.2) is 0 Å². The molecule has 2 unspecified atom stereocenters. The fraction of sp³-hybridized carbons (Fsp3) is 0.500. The fourth-order valence-corrected chi connectivity index (χ4v) is 5.71. The van der Waals surface area contributed by atoms with E-state index >= 15 is 0 Å². The van der Waals surface area contributed by atoms with Gasteiger partial charge in [-0.1, -0.05) is 13.8 Å². The highest BCUT2D eigenvalue weighted by atomic mass is 16.5. The lowest BCUT2D eigenvalue weighted by atomic mass is 9.63. The lowest BCUT2D eigenvalue weighted by molar-refractivity contribution is -0.0928. The molecule has 1 aromatic carbocycles. The summed E-state index contributed by atoms with van der Waals surface area (Å²) in [5.74, 6) is 2.96. The number of hydrogen-bond donors (Lipinski definition) is 0. The van der Waals surface area contributed by atoms with E-state index in [9.17, 15) is 4.79 Å². The summed E-state index contributed by atoms with van der Waals surface area (Å²) in [6.45, 7) is 8.82. The molecule has 36 heavy (non-hydrogen) atoms. The Morgan fingerprint density at radius 1 is 1.17 bits per heavy atom. The van der Waals surface area contributed by atoms with Crippen LogP contribution < -0.4 is 14.5 Å². The molecule has 0 radical (unpaired) electrons. The van der Waals surface area contributed by atoms with Gasteiger partial charge in [0.1, 0.15) is 17.3 Å². The van der Waals surface area contributed by atoms with Crippen LogP contribution in [-0.4, -0.2) is 82.1 Å². The number of aromatic nitrogens is 5. The van der Waals surface area contributed by atoms with Crippen LogP contribution in [0.4, 0.5) is 11.8 Å². The van der Waals surface area contributed by atoms with Crippen LogP contribution in [0.1, 0.15) is 36.3 Å². The molecule has 1 amide bonds. The van der Waals surface area contributed by atoms with Gasteiger partial charge in [-0.15, -0.1) is 0 Å². The maximum absolute atomic E-state index is 14.1. The quantitative estimate of drug-likeness (QED) is 0.521. The summed E-state index contributed by atoms with van der Waals surface area (Å²) in [6, 6.07) is 7.49. The monoisotopic (exact) mass is 490 g/mol. The van der Waals surface area contributed by atoms with E-state index < -0.39 is 0 Å². The molecule has 2 aromatic heterocycles. The number of fused-ring (bicyclic) bond motifs is 1. The second kappa shape index (κ2) is 9.07. The number of amides is 1. The molecule has 2 saturated heterocycles. The van der Waals surface area contributed by atoms with E-state index in [-0.39, 0.29) is 17.4 Å². The SMILES string of the molecule is COc1ccc(C(=O)N2CC3CCN(c4cc(C)nc(N(C)C)n4)CC32C(C)C)c(-n2nccn2)c1. The summed E-state index contributed by atoms with van der Waals surface area (Å²) in [4.78, 5) is 31.3. The molecule has 0 bridgehead atoms. The van der Waals surface area contributed by atoms with Crippen LogP contribution in [0, 0.1) is 18.8 Å². The number of nitrogens with zero attached hydrogens (tertiary/aromatic N) is 8. The zero-order valence-corrected chi connectivity index (χ0v) is 21.8. The van der Waals surface area contributed by atoms with E-state index in [0.29, 0.717) is 28.9 Å². The number of carbonyl (C=O) groups is 1. The van der Waals surface area contributed by atoms with Gasteiger partial charge in [0, 0.05) is 57.5 Å². The van der Waals surface area contributed by atoms with E-state index in [1.807, 2.05) is 50.2 Å². The summed E-state index contributed by atoms with van der Waals surface area (Å²) in [5.41, 5.74) is 1.82. The van der Waals surface area contributed by atoms with Crippen molar-refractivity contribution < 1.29 is 9.53 Å². The Morgan fingerprint density at radius 3 is 2.58 bits per heavy atom. The second-order valence-electron chi connectivity index (χ2n) is 10.2. The number of carbonyl (C=O) groups excluding carboxylic acids is 1. The highest BCUT2D eigenvalue weighted by Gasteiger charge is 2.59. The molecule has 10 heteroatoms. The van der Waals surface area contributed by atoms with Gasteiger partial charge in [0.2, 0.25) is 5.95 Å². The van der Waals surface area contributed by atoms with Crippen LogP contribution in [0.2, 0.25) is 0 Å². The van der Waals surface area contributed by atoms with Gasteiger partial charge in [-0.25, -0.2) is 4.98 Å².